The van der Waals surface area contributed by atoms with E-state index in [2.05, 4.69) is 27.8 Å². The van der Waals surface area contributed by atoms with E-state index in [4.69, 9.17) is 21.1 Å². The Bertz CT molecular complexity index is 1550. The molecule has 0 radical (unpaired) electrons. The number of hydrogen-bond acceptors (Lipinski definition) is 6. The first-order valence-corrected chi connectivity index (χ1v) is 13.8. The smallest absolute Gasteiger partial charge is 0.247 e. The summed E-state index contributed by atoms with van der Waals surface area (Å²) in [6.45, 7) is 0.160. The van der Waals surface area contributed by atoms with Crippen LogP contribution >= 0.6 is 11.6 Å². The van der Waals surface area contributed by atoms with Crippen molar-refractivity contribution in [2.24, 2.45) is 5.92 Å². The van der Waals surface area contributed by atoms with Crippen LogP contribution in [0.25, 0.3) is 11.0 Å². The van der Waals surface area contributed by atoms with Gasteiger partial charge in [-0.3, -0.25) is 9.59 Å². The van der Waals surface area contributed by atoms with E-state index in [1.54, 1.807) is 47.0 Å². The van der Waals surface area contributed by atoms with Crippen molar-refractivity contribution in [2.75, 3.05) is 19.5 Å². The number of aromatic nitrogens is 3. The van der Waals surface area contributed by atoms with Crippen molar-refractivity contribution in [3.63, 3.8) is 0 Å². The summed E-state index contributed by atoms with van der Waals surface area (Å²) in [5.41, 5.74) is 2.80. The van der Waals surface area contributed by atoms with Crippen molar-refractivity contribution in [1.29, 1.82) is 0 Å². The first-order valence-electron chi connectivity index (χ1n) is 13.5. The topological polar surface area (TPSA) is 98.6 Å². The zero-order valence-corrected chi connectivity index (χ0v) is 23.8. The number of allylic oxidation sites excluding steroid dienone is 2. The molecule has 5 rings (SSSR count). The molecule has 0 bridgehead atoms. The minimum atomic E-state index is -0.760. The van der Waals surface area contributed by atoms with Gasteiger partial charge in [0, 0.05) is 17.6 Å². The average molecular weight is 574 g/mol. The predicted octanol–water partition coefficient (Wildman–Crippen LogP) is 5.49. The van der Waals surface area contributed by atoms with E-state index in [0.29, 0.717) is 34.1 Å². The van der Waals surface area contributed by atoms with Gasteiger partial charge in [0.15, 0.2) is 0 Å². The molecule has 41 heavy (non-hydrogen) atoms. The number of halogens is 1. The molecule has 0 fully saturated rings. The van der Waals surface area contributed by atoms with Crippen molar-refractivity contribution >= 4 is 40.1 Å². The lowest BCUT2D eigenvalue weighted by Crippen LogP contribution is -2.52. The molecule has 0 unspecified atom stereocenters. The van der Waals surface area contributed by atoms with Gasteiger partial charge >= 0.3 is 0 Å². The minimum Gasteiger partial charge on any atom is -0.497 e. The van der Waals surface area contributed by atoms with Crippen LogP contribution in [0.15, 0.2) is 78.9 Å². The molecule has 4 aromatic rings. The second kappa shape index (κ2) is 12.9. The third kappa shape index (κ3) is 6.52. The third-order valence-corrected chi connectivity index (χ3v) is 7.57. The van der Waals surface area contributed by atoms with E-state index in [9.17, 15) is 9.59 Å². The standard InChI is InChI=1S/C31H32ClN5O4/c1-40-24-16-17-26(28(18-24)41-2)33-31(39)30(22-8-4-3-5-9-22)36(19-21-12-14-23(32)15-13-21)29(38)20-37-27-11-7-6-10-25(27)34-35-37/h3-4,6-7,10-18,22,30H,5,8-9,19-20H2,1-2H3,(H,33,39)/t22-,30+/m1/s1. The van der Waals surface area contributed by atoms with E-state index >= 15 is 0 Å². The molecule has 0 aliphatic heterocycles. The maximum Gasteiger partial charge on any atom is 0.247 e. The average Bonchev–Trinajstić information content (AvgIpc) is 3.41. The van der Waals surface area contributed by atoms with Crippen LogP contribution in [0.3, 0.4) is 0 Å². The molecule has 3 aromatic carbocycles. The van der Waals surface area contributed by atoms with Crippen molar-refractivity contribution in [3.8, 4) is 11.5 Å². The van der Waals surface area contributed by atoms with Gasteiger partial charge in [-0.15, -0.1) is 5.10 Å². The highest BCUT2D eigenvalue weighted by atomic mass is 35.5. The van der Waals surface area contributed by atoms with Gasteiger partial charge in [0.1, 0.15) is 29.6 Å². The highest BCUT2D eigenvalue weighted by molar-refractivity contribution is 6.30. The number of fused-ring (bicyclic) bond motifs is 1. The van der Waals surface area contributed by atoms with Crippen molar-refractivity contribution in [1.82, 2.24) is 19.9 Å². The molecular formula is C31H32ClN5O4. The lowest BCUT2D eigenvalue weighted by Gasteiger charge is -2.37. The SMILES string of the molecule is COc1ccc(NC(=O)[C@H]([C@@H]2CC=CCC2)N(Cc2ccc(Cl)cc2)C(=O)Cn2nnc3ccccc32)c(OC)c1. The number of methoxy groups -OCH3 is 2. The van der Waals surface area contributed by atoms with Crippen LogP contribution in [0.4, 0.5) is 5.69 Å². The molecule has 1 N–H and O–H groups in total. The van der Waals surface area contributed by atoms with E-state index in [-0.39, 0.29) is 30.8 Å². The number of carbonyl (C=O) groups excluding carboxylic acids is 2. The van der Waals surface area contributed by atoms with Gasteiger partial charge in [0.05, 0.1) is 25.4 Å². The second-order valence-electron chi connectivity index (χ2n) is 9.93. The van der Waals surface area contributed by atoms with Gasteiger partial charge in [-0.05, 0) is 67.1 Å². The summed E-state index contributed by atoms with van der Waals surface area (Å²) >= 11 is 6.14. The van der Waals surface area contributed by atoms with Crippen LogP contribution in [-0.2, 0) is 22.7 Å². The Kier molecular flexibility index (Phi) is 8.84. The van der Waals surface area contributed by atoms with Gasteiger partial charge in [0.2, 0.25) is 11.8 Å². The number of anilines is 1. The van der Waals surface area contributed by atoms with E-state index < -0.39 is 6.04 Å². The molecule has 1 heterocycles. The molecule has 212 valence electrons. The molecule has 0 spiro atoms. The van der Waals surface area contributed by atoms with Crippen LogP contribution < -0.4 is 14.8 Å². The molecule has 0 saturated heterocycles. The summed E-state index contributed by atoms with van der Waals surface area (Å²) in [6, 6.07) is 19.2. The number of benzene rings is 3. The second-order valence-corrected chi connectivity index (χ2v) is 10.4. The van der Waals surface area contributed by atoms with Crippen LogP contribution in [0.1, 0.15) is 24.8 Å². The maximum atomic E-state index is 14.2. The predicted molar refractivity (Wildman–Crippen MR) is 158 cm³/mol. The molecule has 2 atom stereocenters. The fourth-order valence-corrected chi connectivity index (χ4v) is 5.33. The summed E-state index contributed by atoms with van der Waals surface area (Å²) in [7, 11) is 3.10. The Labute approximate surface area is 243 Å². The quantitative estimate of drug-likeness (QED) is 0.252. The highest BCUT2D eigenvalue weighted by Gasteiger charge is 2.37. The number of nitrogens with one attached hydrogen (secondary N) is 1. The van der Waals surface area contributed by atoms with E-state index in [1.807, 2.05) is 36.4 Å². The summed E-state index contributed by atoms with van der Waals surface area (Å²) < 4.78 is 12.4. The summed E-state index contributed by atoms with van der Waals surface area (Å²) in [5.74, 6) is 0.442. The molecule has 2 amide bonds. The molecule has 1 aromatic heterocycles. The molecule has 1 aliphatic rings. The molecule has 10 heteroatoms. The Morgan fingerprint density at radius 3 is 2.61 bits per heavy atom. The minimum absolute atomic E-state index is 0.0632. The van der Waals surface area contributed by atoms with Crippen molar-refractivity contribution in [2.45, 2.75) is 38.4 Å². The Morgan fingerprint density at radius 2 is 1.88 bits per heavy atom. The summed E-state index contributed by atoms with van der Waals surface area (Å²) in [6.07, 6.45) is 6.47. The first-order chi connectivity index (χ1) is 20.0. The normalized spacial score (nSPS) is 15.3. The number of carbonyl (C=O) groups is 2. The highest BCUT2D eigenvalue weighted by Crippen LogP contribution is 2.32. The zero-order chi connectivity index (χ0) is 28.8. The van der Waals surface area contributed by atoms with Gasteiger partial charge < -0.3 is 19.7 Å². The fraction of sp³-hybridized carbons (Fsp3) is 0.290. The Hall–Kier alpha value is -4.37. The Morgan fingerprint density at radius 1 is 1.07 bits per heavy atom. The monoisotopic (exact) mass is 573 g/mol. The van der Waals surface area contributed by atoms with Gasteiger partial charge in [0.25, 0.3) is 0 Å². The Balaban J connectivity index is 1.51. The first kappa shape index (κ1) is 28.2. The number of amides is 2. The fourth-order valence-electron chi connectivity index (χ4n) is 5.20. The van der Waals surface area contributed by atoms with Crippen molar-refractivity contribution in [3.05, 3.63) is 89.5 Å². The van der Waals surface area contributed by atoms with Crippen LogP contribution in [0.2, 0.25) is 5.02 Å². The number of para-hydroxylation sites is 1. The molecular weight excluding hydrogens is 542 g/mol. The maximum absolute atomic E-state index is 14.2. The molecule has 0 saturated carbocycles. The largest absolute Gasteiger partial charge is 0.497 e. The number of rotatable bonds is 10. The van der Waals surface area contributed by atoms with Crippen LogP contribution in [-0.4, -0.2) is 52.0 Å². The number of ether oxygens (including phenoxy) is 2. The molecule has 1 aliphatic carbocycles. The molecule has 9 nitrogen and oxygen atoms in total. The van der Waals surface area contributed by atoms with E-state index in [1.165, 1.54) is 7.11 Å². The van der Waals surface area contributed by atoms with Crippen LogP contribution in [0, 0.1) is 5.92 Å². The van der Waals surface area contributed by atoms with E-state index in [0.717, 1.165) is 23.9 Å². The number of hydrogen-bond donors (Lipinski definition) is 1. The lowest BCUT2D eigenvalue weighted by atomic mass is 9.85. The third-order valence-electron chi connectivity index (χ3n) is 7.32. The van der Waals surface area contributed by atoms with Gasteiger partial charge in [-0.25, -0.2) is 4.68 Å². The lowest BCUT2D eigenvalue weighted by molar-refractivity contribution is -0.142. The van der Waals surface area contributed by atoms with Gasteiger partial charge in [-0.2, -0.15) is 0 Å². The van der Waals surface area contributed by atoms with Crippen molar-refractivity contribution < 1.29 is 19.1 Å². The summed E-state index contributed by atoms with van der Waals surface area (Å²) in [4.78, 5) is 30.0. The zero-order valence-electron chi connectivity index (χ0n) is 23.0. The summed E-state index contributed by atoms with van der Waals surface area (Å²) in [5, 5.41) is 12.1. The van der Waals surface area contributed by atoms with Crippen LogP contribution in [0.5, 0.6) is 11.5 Å². The van der Waals surface area contributed by atoms with Gasteiger partial charge in [-0.1, -0.05) is 53.2 Å². The number of nitrogens with zero attached hydrogens (tertiary/aromatic N) is 4.